The lowest BCUT2D eigenvalue weighted by atomic mass is 9.85. The fourth-order valence-electron chi connectivity index (χ4n) is 3.85. The summed E-state index contributed by atoms with van der Waals surface area (Å²) in [6.45, 7) is 3.28. The molecule has 10 atom stereocenters. The van der Waals surface area contributed by atoms with Crippen molar-refractivity contribution in [3.05, 3.63) is 24.0 Å². The molecule has 0 bridgehead atoms. The van der Waals surface area contributed by atoms with E-state index < -0.39 is 61.9 Å². The molecule has 10 heteroatoms. The Kier molecular flexibility index (Phi) is 6.21. The number of hydrogen-bond acceptors (Lipinski definition) is 10. The van der Waals surface area contributed by atoms with Crippen LogP contribution >= 0.6 is 0 Å². The number of rotatable bonds is 5. The van der Waals surface area contributed by atoms with Crippen molar-refractivity contribution in [1.29, 1.82) is 0 Å². The maximum atomic E-state index is 10.2. The van der Waals surface area contributed by atoms with E-state index in [2.05, 4.69) is 6.58 Å². The molecular weight excluding hydrogens is 364 g/mol. The second-order valence-corrected chi connectivity index (χ2v) is 7.00. The Labute approximate surface area is 155 Å². The van der Waals surface area contributed by atoms with Crippen LogP contribution in [0, 0.1) is 11.8 Å². The second-order valence-electron chi connectivity index (χ2n) is 7.00. The summed E-state index contributed by atoms with van der Waals surface area (Å²) in [7, 11) is 1.33. The molecule has 0 aromatic heterocycles. The maximum Gasteiger partial charge on any atom is 0.208 e. The zero-order valence-corrected chi connectivity index (χ0v) is 14.8. The van der Waals surface area contributed by atoms with Gasteiger partial charge < -0.3 is 49.6 Å². The monoisotopic (exact) mass is 390 g/mol. The van der Waals surface area contributed by atoms with Crippen LogP contribution in [0.25, 0.3) is 0 Å². The molecule has 6 N–H and O–H groups in total. The lowest BCUT2D eigenvalue weighted by Crippen LogP contribution is -2.60. The first kappa shape index (κ1) is 20.6. The fourth-order valence-corrected chi connectivity index (χ4v) is 3.85. The first-order valence-corrected chi connectivity index (χ1v) is 8.69. The van der Waals surface area contributed by atoms with Crippen LogP contribution in [-0.2, 0) is 18.9 Å². The third-order valence-corrected chi connectivity index (χ3v) is 5.45. The van der Waals surface area contributed by atoms with Crippen LogP contribution in [0.3, 0.4) is 0 Å². The summed E-state index contributed by atoms with van der Waals surface area (Å²) < 4.78 is 21.5. The van der Waals surface area contributed by atoms with Gasteiger partial charge in [-0.05, 0) is 12.0 Å². The SMILES string of the molecule is C=C1C(O)CC2C(C(O)OC)=COC(OC3OC(CO)C(O)C(O)C3O)C12. The van der Waals surface area contributed by atoms with Crippen molar-refractivity contribution < 1.29 is 49.6 Å². The lowest BCUT2D eigenvalue weighted by Gasteiger charge is -2.43. The van der Waals surface area contributed by atoms with E-state index in [1.807, 2.05) is 0 Å². The topological polar surface area (TPSA) is 158 Å². The first-order valence-electron chi connectivity index (χ1n) is 8.69. The lowest BCUT2D eigenvalue weighted by molar-refractivity contribution is -0.339. The molecule has 1 saturated carbocycles. The molecule has 2 heterocycles. The van der Waals surface area contributed by atoms with Gasteiger partial charge in [-0.25, -0.2) is 0 Å². The highest BCUT2D eigenvalue weighted by atomic mass is 16.8. The molecule has 3 rings (SSSR count). The van der Waals surface area contributed by atoms with Gasteiger partial charge in [-0.1, -0.05) is 6.58 Å². The quantitative estimate of drug-likeness (QED) is 0.220. The predicted octanol–water partition coefficient (Wildman–Crippen LogP) is -2.44. The Hall–Kier alpha value is -1.08. The zero-order chi connectivity index (χ0) is 19.9. The Morgan fingerprint density at radius 3 is 2.52 bits per heavy atom. The van der Waals surface area contributed by atoms with Gasteiger partial charge in [-0.15, -0.1) is 0 Å². The summed E-state index contributed by atoms with van der Waals surface area (Å²) in [6.07, 6.45) is -8.71. The van der Waals surface area contributed by atoms with E-state index in [0.29, 0.717) is 11.1 Å². The Morgan fingerprint density at radius 1 is 1.19 bits per heavy atom. The van der Waals surface area contributed by atoms with Crippen LogP contribution in [0.15, 0.2) is 24.0 Å². The van der Waals surface area contributed by atoms with E-state index in [9.17, 15) is 30.6 Å². The van der Waals surface area contributed by atoms with Crippen molar-refractivity contribution in [1.82, 2.24) is 0 Å². The van der Waals surface area contributed by atoms with E-state index in [0.717, 1.165) is 0 Å². The molecule has 0 aromatic carbocycles. The number of methoxy groups -OCH3 is 1. The van der Waals surface area contributed by atoms with Crippen LogP contribution in [0.4, 0.5) is 0 Å². The molecule has 0 radical (unpaired) electrons. The molecule has 3 aliphatic rings. The van der Waals surface area contributed by atoms with Crippen LogP contribution in [0.1, 0.15) is 6.42 Å². The third-order valence-electron chi connectivity index (χ3n) is 5.45. The molecule has 1 aliphatic carbocycles. The summed E-state index contributed by atoms with van der Waals surface area (Å²) in [6, 6.07) is 0. The van der Waals surface area contributed by atoms with Crippen LogP contribution in [-0.4, -0.2) is 93.7 Å². The normalized spacial score (nSPS) is 45.8. The summed E-state index contributed by atoms with van der Waals surface area (Å²) >= 11 is 0. The molecule has 0 aromatic rings. The van der Waals surface area contributed by atoms with Crippen LogP contribution < -0.4 is 0 Å². The first-order chi connectivity index (χ1) is 12.8. The van der Waals surface area contributed by atoms with Crippen LogP contribution in [0.5, 0.6) is 0 Å². The Morgan fingerprint density at radius 2 is 1.89 bits per heavy atom. The summed E-state index contributed by atoms with van der Waals surface area (Å²) in [4.78, 5) is 0. The Bertz CT molecular complexity index is 578. The second kappa shape index (κ2) is 8.11. The van der Waals surface area contributed by atoms with E-state index in [-0.39, 0.29) is 12.3 Å². The zero-order valence-electron chi connectivity index (χ0n) is 14.8. The van der Waals surface area contributed by atoms with Gasteiger partial charge in [0.15, 0.2) is 12.6 Å². The standard InChI is InChI=1S/C17H26O10/c1-6-9(19)3-7-8(15(23)24-2)5-25-16(11(6)7)27-17-14(22)13(21)12(20)10(4-18)26-17/h5,7,9-23H,1,3-4H2,2H3. The van der Waals surface area contributed by atoms with Crippen molar-refractivity contribution in [2.24, 2.45) is 11.8 Å². The highest BCUT2D eigenvalue weighted by molar-refractivity contribution is 5.27. The average molecular weight is 390 g/mol. The maximum absolute atomic E-state index is 10.2. The summed E-state index contributed by atoms with van der Waals surface area (Å²) in [5.74, 6) is -0.928. The minimum absolute atomic E-state index is 0.285. The van der Waals surface area contributed by atoms with Gasteiger partial charge in [-0.3, -0.25) is 0 Å². The number of fused-ring (bicyclic) bond motifs is 1. The average Bonchev–Trinajstić information content (AvgIpc) is 2.96. The van der Waals surface area contributed by atoms with Gasteiger partial charge in [0.25, 0.3) is 0 Å². The molecule has 2 aliphatic heterocycles. The number of hydrogen-bond donors (Lipinski definition) is 6. The molecule has 10 unspecified atom stereocenters. The Balaban J connectivity index is 1.80. The highest BCUT2D eigenvalue weighted by Gasteiger charge is 2.51. The van der Waals surface area contributed by atoms with Crippen molar-refractivity contribution in [3.8, 4) is 0 Å². The van der Waals surface area contributed by atoms with Crippen molar-refractivity contribution in [2.45, 2.75) is 55.8 Å². The molecule has 10 nitrogen and oxygen atoms in total. The van der Waals surface area contributed by atoms with E-state index >= 15 is 0 Å². The smallest absolute Gasteiger partial charge is 0.208 e. The molecule has 154 valence electrons. The van der Waals surface area contributed by atoms with Gasteiger partial charge in [0, 0.05) is 18.6 Å². The predicted molar refractivity (Wildman–Crippen MR) is 87.6 cm³/mol. The van der Waals surface area contributed by atoms with Crippen molar-refractivity contribution >= 4 is 0 Å². The highest BCUT2D eigenvalue weighted by Crippen LogP contribution is 2.47. The van der Waals surface area contributed by atoms with Gasteiger partial charge in [-0.2, -0.15) is 0 Å². The number of aliphatic hydroxyl groups is 6. The van der Waals surface area contributed by atoms with Gasteiger partial charge >= 0.3 is 0 Å². The number of aliphatic hydroxyl groups excluding tert-OH is 6. The minimum atomic E-state index is -1.58. The molecular formula is C17H26O10. The van der Waals surface area contributed by atoms with Gasteiger partial charge in [0.05, 0.1) is 24.9 Å². The molecule has 27 heavy (non-hydrogen) atoms. The largest absolute Gasteiger partial charge is 0.472 e. The van der Waals surface area contributed by atoms with Crippen molar-refractivity contribution in [3.63, 3.8) is 0 Å². The summed E-state index contributed by atoms with van der Waals surface area (Å²) in [5.41, 5.74) is 0.859. The third kappa shape index (κ3) is 3.65. The van der Waals surface area contributed by atoms with E-state index in [4.69, 9.17) is 18.9 Å². The van der Waals surface area contributed by atoms with Gasteiger partial charge in [0.2, 0.25) is 6.29 Å². The van der Waals surface area contributed by atoms with E-state index in [1.54, 1.807) is 0 Å². The van der Waals surface area contributed by atoms with Crippen LogP contribution in [0.2, 0.25) is 0 Å². The number of ether oxygens (including phenoxy) is 4. The minimum Gasteiger partial charge on any atom is -0.472 e. The molecule has 1 saturated heterocycles. The fraction of sp³-hybridized carbons (Fsp3) is 0.765. The van der Waals surface area contributed by atoms with Crippen molar-refractivity contribution in [2.75, 3.05) is 13.7 Å². The van der Waals surface area contributed by atoms with E-state index in [1.165, 1.54) is 13.4 Å². The summed E-state index contributed by atoms with van der Waals surface area (Å²) in [5, 5.41) is 59.4. The van der Waals surface area contributed by atoms with Gasteiger partial charge in [0.1, 0.15) is 24.4 Å². The molecule has 0 spiro atoms. The molecule has 0 amide bonds. The molecule has 2 fully saturated rings.